The zero-order chi connectivity index (χ0) is 22.4. The van der Waals surface area contributed by atoms with Crippen molar-refractivity contribution in [1.82, 2.24) is 19.4 Å². The van der Waals surface area contributed by atoms with E-state index >= 15 is 0 Å². The Morgan fingerprint density at radius 3 is 1.90 bits per heavy atom. The Labute approximate surface area is 183 Å². The minimum absolute atomic E-state index is 0.0556. The van der Waals surface area contributed by atoms with Gasteiger partial charge in [-0.15, -0.1) is 0 Å². The van der Waals surface area contributed by atoms with E-state index in [2.05, 4.69) is 5.32 Å². The van der Waals surface area contributed by atoms with Gasteiger partial charge in [0.25, 0.3) is 0 Å². The number of amides is 3. The van der Waals surface area contributed by atoms with Crippen molar-refractivity contribution < 1.29 is 22.8 Å². The van der Waals surface area contributed by atoms with Crippen molar-refractivity contribution in [2.24, 2.45) is 0 Å². The molecule has 3 rings (SSSR count). The van der Waals surface area contributed by atoms with Crippen LogP contribution in [0.2, 0.25) is 0 Å². The number of piperazine rings is 1. The molecule has 0 radical (unpaired) electrons. The van der Waals surface area contributed by atoms with Gasteiger partial charge in [0.2, 0.25) is 27.7 Å². The molecule has 3 amide bonds. The summed E-state index contributed by atoms with van der Waals surface area (Å²) in [7, 11) is -3.56. The highest BCUT2D eigenvalue weighted by molar-refractivity contribution is 7.89. The van der Waals surface area contributed by atoms with Crippen molar-refractivity contribution in [3.63, 3.8) is 0 Å². The number of nitrogens with one attached hydrogen (secondary N) is 1. The Morgan fingerprint density at radius 2 is 1.39 bits per heavy atom. The Hall–Kier alpha value is -2.46. The van der Waals surface area contributed by atoms with Gasteiger partial charge in [0.05, 0.1) is 4.90 Å². The van der Waals surface area contributed by atoms with E-state index in [0.29, 0.717) is 26.2 Å². The van der Waals surface area contributed by atoms with E-state index in [1.165, 1.54) is 11.2 Å². The number of likely N-dealkylation sites (tertiary alicyclic amines) is 1. The molecule has 2 heterocycles. The highest BCUT2D eigenvalue weighted by Crippen LogP contribution is 2.18. The number of hydrogen-bond acceptors (Lipinski definition) is 5. The van der Waals surface area contributed by atoms with E-state index in [4.69, 9.17) is 0 Å². The molecule has 9 nitrogen and oxygen atoms in total. The van der Waals surface area contributed by atoms with Crippen LogP contribution in [-0.4, -0.2) is 85.6 Å². The van der Waals surface area contributed by atoms with E-state index in [1.54, 1.807) is 40.1 Å². The molecule has 2 saturated heterocycles. The summed E-state index contributed by atoms with van der Waals surface area (Å²) < 4.78 is 26.8. The van der Waals surface area contributed by atoms with Gasteiger partial charge in [0.15, 0.2) is 0 Å². The van der Waals surface area contributed by atoms with Crippen molar-refractivity contribution in [2.75, 3.05) is 39.3 Å². The molecule has 0 aliphatic carbocycles. The van der Waals surface area contributed by atoms with Gasteiger partial charge in [-0.25, -0.2) is 8.42 Å². The first-order valence-electron chi connectivity index (χ1n) is 10.6. The standard InChI is InChI=1S/C21H30N4O5S/c1-17(26)22-18-9-11-23(12-10-18)20(27)7-8-21(28)24-13-15-25(16-14-24)31(29,30)19-5-3-2-4-6-19/h2-6,18H,7-16H2,1H3,(H,22,26). The van der Waals surface area contributed by atoms with Crippen LogP contribution in [0, 0.1) is 0 Å². The summed E-state index contributed by atoms with van der Waals surface area (Å²) in [4.78, 5) is 39.7. The molecule has 2 fully saturated rings. The molecule has 1 aromatic rings. The van der Waals surface area contributed by atoms with Gasteiger partial charge in [0.1, 0.15) is 0 Å². The predicted molar refractivity (Wildman–Crippen MR) is 114 cm³/mol. The third-order valence-corrected chi connectivity index (χ3v) is 7.69. The lowest BCUT2D eigenvalue weighted by atomic mass is 10.0. The maximum atomic E-state index is 12.7. The maximum Gasteiger partial charge on any atom is 0.243 e. The van der Waals surface area contributed by atoms with Crippen molar-refractivity contribution in [1.29, 1.82) is 0 Å². The summed E-state index contributed by atoms with van der Waals surface area (Å²) in [6.07, 6.45) is 1.70. The number of sulfonamides is 1. The molecule has 2 aliphatic heterocycles. The van der Waals surface area contributed by atoms with Crippen LogP contribution in [0.4, 0.5) is 0 Å². The van der Waals surface area contributed by atoms with Crippen LogP contribution in [-0.2, 0) is 24.4 Å². The monoisotopic (exact) mass is 450 g/mol. The minimum Gasteiger partial charge on any atom is -0.353 e. The second kappa shape index (κ2) is 10.2. The molecule has 170 valence electrons. The fourth-order valence-electron chi connectivity index (χ4n) is 4.01. The zero-order valence-electron chi connectivity index (χ0n) is 17.8. The zero-order valence-corrected chi connectivity index (χ0v) is 18.6. The fourth-order valence-corrected chi connectivity index (χ4v) is 5.45. The van der Waals surface area contributed by atoms with E-state index < -0.39 is 10.0 Å². The summed E-state index contributed by atoms with van der Waals surface area (Å²) in [5, 5.41) is 2.87. The SMILES string of the molecule is CC(=O)NC1CCN(C(=O)CCC(=O)N2CCN(S(=O)(=O)c3ccccc3)CC2)CC1. The number of benzene rings is 1. The van der Waals surface area contributed by atoms with E-state index in [0.717, 1.165) is 12.8 Å². The smallest absolute Gasteiger partial charge is 0.243 e. The molecule has 0 bridgehead atoms. The topological polar surface area (TPSA) is 107 Å². The quantitative estimate of drug-likeness (QED) is 0.676. The van der Waals surface area contributed by atoms with Crippen LogP contribution in [0.5, 0.6) is 0 Å². The number of rotatable bonds is 6. The first-order chi connectivity index (χ1) is 14.8. The fraction of sp³-hybridized carbons (Fsp3) is 0.571. The molecule has 0 saturated carbocycles. The number of nitrogens with zero attached hydrogens (tertiary/aromatic N) is 3. The van der Waals surface area contributed by atoms with Gasteiger partial charge < -0.3 is 15.1 Å². The van der Waals surface area contributed by atoms with Crippen LogP contribution in [0.1, 0.15) is 32.6 Å². The Balaban J connectivity index is 1.41. The van der Waals surface area contributed by atoms with Crippen LogP contribution < -0.4 is 5.32 Å². The summed E-state index contributed by atoms with van der Waals surface area (Å²) >= 11 is 0. The highest BCUT2D eigenvalue weighted by Gasteiger charge is 2.30. The molecule has 1 N–H and O–H groups in total. The van der Waals surface area contributed by atoms with Crippen LogP contribution in [0.25, 0.3) is 0 Å². The van der Waals surface area contributed by atoms with Gasteiger partial charge >= 0.3 is 0 Å². The molecule has 1 aromatic carbocycles. The molecule has 10 heteroatoms. The van der Waals surface area contributed by atoms with Crippen molar-refractivity contribution in [2.45, 2.75) is 43.5 Å². The van der Waals surface area contributed by atoms with E-state index in [-0.39, 0.29) is 54.6 Å². The van der Waals surface area contributed by atoms with Gasteiger partial charge in [-0.3, -0.25) is 14.4 Å². The van der Waals surface area contributed by atoms with Gasteiger partial charge in [-0.05, 0) is 25.0 Å². The molecule has 0 spiro atoms. The summed E-state index contributed by atoms with van der Waals surface area (Å²) in [6, 6.07) is 8.38. The third kappa shape index (κ3) is 6.04. The number of carbonyl (C=O) groups is 3. The average Bonchev–Trinajstić information content (AvgIpc) is 2.78. The first kappa shape index (κ1) is 23.2. The third-order valence-electron chi connectivity index (χ3n) is 5.78. The molecule has 0 aromatic heterocycles. The molecule has 0 unspecified atom stereocenters. The summed E-state index contributed by atoms with van der Waals surface area (Å²) in [5.74, 6) is -0.245. The lowest BCUT2D eigenvalue weighted by Crippen LogP contribution is -2.50. The van der Waals surface area contributed by atoms with Crippen LogP contribution in [0.3, 0.4) is 0 Å². The molecule has 2 aliphatic rings. The van der Waals surface area contributed by atoms with Gasteiger partial charge in [-0.2, -0.15) is 4.31 Å². The van der Waals surface area contributed by atoms with E-state index in [9.17, 15) is 22.8 Å². The average molecular weight is 451 g/mol. The van der Waals surface area contributed by atoms with Crippen molar-refractivity contribution in [3.05, 3.63) is 30.3 Å². The largest absolute Gasteiger partial charge is 0.353 e. The normalized spacial score (nSPS) is 18.6. The summed E-state index contributed by atoms with van der Waals surface area (Å²) in [5.41, 5.74) is 0. The Kier molecular flexibility index (Phi) is 7.66. The van der Waals surface area contributed by atoms with Crippen LogP contribution >= 0.6 is 0 Å². The van der Waals surface area contributed by atoms with Gasteiger partial charge in [-0.1, -0.05) is 18.2 Å². The molecular formula is C21H30N4O5S. The van der Waals surface area contributed by atoms with Gasteiger partial charge in [0, 0.05) is 65.1 Å². The second-order valence-corrected chi connectivity index (χ2v) is 9.89. The lowest BCUT2D eigenvalue weighted by Gasteiger charge is -2.34. The second-order valence-electron chi connectivity index (χ2n) is 7.95. The number of piperidine rings is 1. The van der Waals surface area contributed by atoms with E-state index in [1.807, 2.05) is 0 Å². The predicted octanol–water partition coefficient (Wildman–Crippen LogP) is 0.427. The first-order valence-corrected chi connectivity index (χ1v) is 12.1. The highest BCUT2D eigenvalue weighted by atomic mass is 32.2. The maximum absolute atomic E-state index is 12.7. The minimum atomic E-state index is -3.56. The molecular weight excluding hydrogens is 420 g/mol. The van der Waals surface area contributed by atoms with Crippen LogP contribution in [0.15, 0.2) is 35.2 Å². The Bertz CT molecular complexity index is 890. The number of hydrogen-bond donors (Lipinski definition) is 1. The molecule has 0 atom stereocenters. The summed E-state index contributed by atoms with van der Waals surface area (Å²) in [6.45, 7) is 3.77. The lowest BCUT2D eigenvalue weighted by molar-refractivity contribution is -0.138. The molecule has 31 heavy (non-hydrogen) atoms. The van der Waals surface area contributed by atoms with Crippen molar-refractivity contribution in [3.8, 4) is 0 Å². The Morgan fingerprint density at radius 1 is 0.871 bits per heavy atom. The van der Waals surface area contributed by atoms with Crippen molar-refractivity contribution >= 4 is 27.7 Å². The number of carbonyl (C=O) groups excluding carboxylic acids is 3.